The van der Waals surface area contributed by atoms with Crippen LogP contribution in [-0.2, 0) is 10.0 Å². The van der Waals surface area contributed by atoms with Gasteiger partial charge in [-0.15, -0.1) is 4.40 Å². The van der Waals surface area contributed by atoms with Gasteiger partial charge in [-0.25, -0.2) is 13.4 Å². The summed E-state index contributed by atoms with van der Waals surface area (Å²) in [7, 11) is -3.45. The van der Waals surface area contributed by atoms with Gasteiger partial charge in [0.15, 0.2) is 5.84 Å². The van der Waals surface area contributed by atoms with Gasteiger partial charge in [-0.2, -0.15) is 0 Å². The zero-order chi connectivity index (χ0) is 17.3. The minimum Gasteiger partial charge on any atom is -0.456 e. The first-order valence-electron chi connectivity index (χ1n) is 7.63. The van der Waals surface area contributed by atoms with Crippen molar-refractivity contribution in [1.29, 1.82) is 0 Å². The molecule has 7 nitrogen and oxygen atoms in total. The molecule has 0 N–H and O–H groups in total. The van der Waals surface area contributed by atoms with E-state index in [2.05, 4.69) is 14.4 Å². The van der Waals surface area contributed by atoms with Crippen molar-refractivity contribution in [2.75, 3.05) is 12.3 Å². The highest BCUT2D eigenvalue weighted by atomic mass is 32.2. The van der Waals surface area contributed by atoms with E-state index in [9.17, 15) is 8.42 Å². The third kappa shape index (κ3) is 3.29. The second-order valence-corrected chi connectivity index (χ2v) is 7.25. The van der Waals surface area contributed by atoms with Crippen molar-refractivity contribution in [3.8, 4) is 11.5 Å². The third-order valence-electron chi connectivity index (χ3n) is 3.73. The average molecular weight is 354 g/mol. The molecule has 0 saturated carbocycles. The number of hydrogen-bond acceptors (Lipinski definition) is 6. The van der Waals surface area contributed by atoms with Gasteiger partial charge in [0.25, 0.3) is 10.0 Å². The monoisotopic (exact) mass is 354 g/mol. The van der Waals surface area contributed by atoms with E-state index in [1.807, 2.05) is 30.3 Å². The fraction of sp³-hybridized carbons (Fsp3) is 0.118. The van der Waals surface area contributed by atoms with Crippen LogP contribution in [0, 0.1) is 0 Å². The van der Waals surface area contributed by atoms with Crippen molar-refractivity contribution >= 4 is 27.8 Å². The smallest absolute Gasteiger partial charge is 0.256 e. The predicted octanol–water partition coefficient (Wildman–Crippen LogP) is 2.30. The number of sulfonamides is 1. The van der Waals surface area contributed by atoms with Crippen molar-refractivity contribution in [2.45, 2.75) is 0 Å². The summed E-state index contributed by atoms with van der Waals surface area (Å²) in [4.78, 5) is 10.2. The second-order valence-electron chi connectivity index (χ2n) is 5.50. The summed E-state index contributed by atoms with van der Waals surface area (Å²) in [6.07, 6.45) is 4.73. The zero-order valence-corrected chi connectivity index (χ0v) is 13.9. The van der Waals surface area contributed by atoms with Crippen LogP contribution >= 0.6 is 0 Å². The molecule has 0 fully saturated rings. The summed E-state index contributed by atoms with van der Waals surface area (Å²) >= 11 is 0. The Kier molecular flexibility index (Phi) is 3.81. The Hall–Kier alpha value is -3.00. The van der Waals surface area contributed by atoms with Crippen LogP contribution in [0.15, 0.2) is 64.3 Å². The number of para-hydroxylation sites is 1. The molecule has 2 aromatic rings. The lowest BCUT2D eigenvalue weighted by Gasteiger charge is -2.27. The zero-order valence-electron chi connectivity index (χ0n) is 13.1. The van der Waals surface area contributed by atoms with Crippen molar-refractivity contribution < 1.29 is 13.2 Å². The first-order valence-corrected chi connectivity index (χ1v) is 9.24. The van der Waals surface area contributed by atoms with E-state index in [0.29, 0.717) is 35.1 Å². The summed E-state index contributed by atoms with van der Waals surface area (Å²) in [5, 5.41) is 0. The fourth-order valence-electron chi connectivity index (χ4n) is 2.52. The summed E-state index contributed by atoms with van der Waals surface area (Å²) in [6, 6.07) is 12.9. The lowest BCUT2D eigenvalue weighted by molar-refractivity contribution is 0.480. The highest BCUT2D eigenvalue weighted by Crippen LogP contribution is 2.25. The highest BCUT2D eigenvalue weighted by molar-refractivity contribution is 7.90. The molecule has 0 saturated heterocycles. The van der Waals surface area contributed by atoms with Gasteiger partial charge >= 0.3 is 0 Å². The molecule has 1 aromatic carbocycles. The molecule has 0 unspecified atom stereocenters. The Morgan fingerprint density at radius 3 is 2.64 bits per heavy atom. The van der Waals surface area contributed by atoms with E-state index in [0.717, 1.165) is 0 Å². The van der Waals surface area contributed by atoms with Crippen LogP contribution in [0.2, 0.25) is 0 Å². The molecule has 0 aliphatic carbocycles. The molecule has 2 aliphatic rings. The highest BCUT2D eigenvalue weighted by Gasteiger charge is 2.28. The standard InChI is InChI=1S/C17H14N4O3S/c22-25(23)9-8-21-12-18-11-15(17(21)20-25)16-7-6-14(10-19-16)24-13-4-2-1-3-5-13/h1-7,10-12H,8-9H2. The molecule has 0 spiro atoms. The van der Waals surface area contributed by atoms with Gasteiger partial charge in [-0.1, -0.05) is 18.2 Å². The quantitative estimate of drug-likeness (QED) is 0.844. The molecular weight excluding hydrogens is 340 g/mol. The van der Waals surface area contributed by atoms with Gasteiger partial charge in [0.05, 0.1) is 29.6 Å². The number of aromatic nitrogens is 1. The Bertz CT molecular complexity index is 980. The molecule has 2 aliphatic heterocycles. The summed E-state index contributed by atoms with van der Waals surface area (Å²) in [6.45, 7) is 0.331. The van der Waals surface area contributed by atoms with Crippen LogP contribution in [0.5, 0.6) is 11.5 Å². The van der Waals surface area contributed by atoms with Gasteiger partial charge < -0.3 is 9.64 Å². The number of rotatable bonds is 3. The van der Waals surface area contributed by atoms with Crippen LogP contribution in [0.25, 0.3) is 5.57 Å². The van der Waals surface area contributed by atoms with Gasteiger partial charge in [-0.3, -0.25) is 4.98 Å². The van der Waals surface area contributed by atoms with E-state index >= 15 is 0 Å². The Labute approximate surface area is 145 Å². The van der Waals surface area contributed by atoms with Crippen LogP contribution in [0.4, 0.5) is 0 Å². The molecule has 0 bridgehead atoms. The molecule has 8 heteroatoms. The van der Waals surface area contributed by atoms with Gasteiger partial charge in [0.1, 0.15) is 11.5 Å². The lowest BCUT2D eigenvalue weighted by Crippen LogP contribution is -2.40. The fourth-order valence-corrected chi connectivity index (χ4v) is 3.50. The number of aliphatic imine (C=N–C) groups is 1. The van der Waals surface area contributed by atoms with Crippen LogP contribution < -0.4 is 4.74 Å². The van der Waals surface area contributed by atoms with E-state index in [1.54, 1.807) is 35.8 Å². The molecule has 126 valence electrons. The Morgan fingerprint density at radius 1 is 1.04 bits per heavy atom. The van der Waals surface area contributed by atoms with Crippen LogP contribution in [0.3, 0.4) is 0 Å². The van der Waals surface area contributed by atoms with E-state index < -0.39 is 10.0 Å². The maximum atomic E-state index is 11.8. The van der Waals surface area contributed by atoms with Gasteiger partial charge in [-0.05, 0) is 24.3 Å². The number of nitrogens with zero attached hydrogens (tertiary/aromatic N) is 4. The normalized spacial score (nSPS) is 18.2. The van der Waals surface area contributed by atoms with E-state index in [-0.39, 0.29) is 5.75 Å². The van der Waals surface area contributed by atoms with Crippen LogP contribution in [-0.4, -0.2) is 42.8 Å². The van der Waals surface area contributed by atoms with Gasteiger partial charge in [0.2, 0.25) is 0 Å². The first kappa shape index (κ1) is 15.5. The van der Waals surface area contributed by atoms with Crippen molar-refractivity contribution in [3.63, 3.8) is 0 Å². The van der Waals surface area contributed by atoms with Crippen LogP contribution in [0.1, 0.15) is 5.69 Å². The van der Waals surface area contributed by atoms with E-state index in [1.165, 1.54) is 0 Å². The minimum absolute atomic E-state index is 0.0208. The summed E-state index contributed by atoms with van der Waals surface area (Å²) in [5.74, 6) is 1.63. The third-order valence-corrected chi connectivity index (χ3v) is 4.88. The van der Waals surface area contributed by atoms with Crippen molar-refractivity contribution in [1.82, 2.24) is 9.88 Å². The molecule has 0 radical (unpaired) electrons. The molecule has 0 amide bonds. The topological polar surface area (TPSA) is 84.2 Å². The number of amidine groups is 1. The minimum atomic E-state index is -3.45. The number of pyridine rings is 1. The Morgan fingerprint density at radius 2 is 1.88 bits per heavy atom. The maximum Gasteiger partial charge on any atom is 0.256 e. The molecule has 0 atom stereocenters. The second kappa shape index (κ2) is 6.14. The molecule has 4 rings (SSSR count). The summed E-state index contributed by atoms with van der Waals surface area (Å²) < 4.78 is 33.2. The van der Waals surface area contributed by atoms with Gasteiger partial charge in [0, 0.05) is 12.7 Å². The summed E-state index contributed by atoms with van der Waals surface area (Å²) in [5.41, 5.74) is 1.15. The number of fused-ring (bicyclic) bond motifs is 1. The van der Waals surface area contributed by atoms with Crippen molar-refractivity contribution in [3.05, 3.63) is 60.6 Å². The number of hydrogen-bond donors (Lipinski definition) is 0. The molecular formula is C17H14N4O3S. The largest absolute Gasteiger partial charge is 0.456 e. The lowest BCUT2D eigenvalue weighted by atomic mass is 10.1. The SMILES string of the molecule is O=S1(=O)CCN2C=NC=C(c3ccc(Oc4ccccc4)cn3)C2=N1. The molecule has 3 heterocycles. The number of ether oxygens (including phenoxy) is 1. The Balaban J connectivity index is 1.62. The maximum absolute atomic E-state index is 11.8. The number of benzene rings is 1. The van der Waals surface area contributed by atoms with E-state index in [4.69, 9.17) is 4.74 Å². The molecule has 1 aromatic heterocycles. The van der Waals surface area contributed by atoms with Crippen molar-refractivity contribution in [2.24, 2.45) is 9.39 Å². The molecule has 25 heavy (non-hydrogen) atoms. The average Bonchev–Trinajstić information content (AvgIpc) is 2.62. The predicted molar refractivity (Wildman–Crippen MR) is 95.1 cm³/mol. The first-order chi connectivity index (χ1) is 12.1.